The van der Waals surface area contributed by atoms with Gasteiger partial charge in [-0.15, -0.1) is 0 Å². The lowest BCUT2D eigenvalue weighted by Gasteiger charge is -2.35. The smallest absolute Gasteiger partial charge is 0.411 e. The van der Waals surface area contributed by atoms with Crippen molar-refractivity contribution in [3.63, 3.8) is 0 Å². The zero-order valence-electron chi connectivity index (χ0n) is 21.7. The molecule has 1 aromatic heterocycles. The topological polar surface area (TPSA) is 117 Å². The van der Waals surface area contributed by atoms with Crippen molar-refractivity contribution in [1.29, 1.82) is 5.26 Å². The minimum atomic E-state index is -0.980. The molecule has 0 radical (unpaired) electrons. The lowest BCUT2D eigenvalue weighted by molar-refractivity contribution is -0.128. The van der Waals surface area contributed by atoms with E-state index in [0.717, 1.165) is 19.3 Å². The molecule has 1 saturated heterocycles. The number of nitrogens with zero attached hydrogens (tertiary/aromatic N) is 4. The zero-order chi connectivity index (χ0) is 27.1. The molecule has 2 amide bonds. The molecule has 0 spiro atoms. The first-order valence-corrected chi connectivity index (χ1v) is 12.5. The van der Waals surface area contributed by atoms with Crippen molar-refractivity contribution in [2.75, 3.05) is 0 Å². The predicted octanol–water partition coefficient (Wildman–Crippen LogP) is 4.00. The Kier molecular flexibility index (Phi) is 7.09. The zero-order valence-corrected chi connectivity index (χ0v) is 21.7. The Morgan fingerprint density at radius 1 is 1.27 bits per heavy atom. The number of likely N-dealkylation sites (tertiary alicyclic amines) is 1. The largest absolute Gasteiger partial charge is 0.444 e. The van der Waals surface area contributed by atoms with E-state index in [2.05, 4.69) is 10.4 Å². The molecule has 1 saturated carbocycles. The maximum absolute atomic E-state index is 15.0. The Morgan fingerprint density at radius 2 is 2.00 bits per heavy atom. The number of nitrogens with one attached hydrogen (secondary N) is 1. The summed E-state index contributed by atoms with van der Waals surface area (Å²) in [6.45, 7) is 8.46. The Morgan fingerprint density at radius 3 is 2.59 bits per heavy atom. The molecule has 4 atom stereocenters. The van der Waals surface area contributed by atoms with Gasteiger partial charge in [0, 0.05) is 30.6 Å². The van der Waals surface area contributed by atoms with Crippen LogP contribution in [0.4, 0.5) is 9.18 Å². The highest BCUT2D eigenvalue weighted by molar-refractivity contribution is 5.87. The first-order chi connectivity index (χ1) is 17.4. The molecule has 1 N–H and O–H groups in total. The van der Waals surface area contributed by atoms with Gasteiger partial charge in [0.25, 0.3) is 0 Å². The molecular weight excluding hydrogens is 477 g/mol. The van der Waals surface area contributed by atoms with Crippen LogP contribution < -0.4 is 5.32 Å². The molecule has 4 rings (SSSR count). The highest BCUT2D eigenvalue weighted by Gasteiger charge is 2.52. The van der Waals surface area contributed by atoms with Gasteiger partial charge in [-0.2, -0.15) is 10.4 Å². The van der Waals surface area contributed by atoms with Crippen LogP contribution in [-0.2, 0) is 16.0 Å². The van der Waals surface area contributed by atoms with E-state index in [0.29, 0.717) is 17.0 Å². The third kappa shape index (κ3) is 5.50. The van der Waals surface area contributed by atoms with Crippen molar-refractivity contribution < 1.29 is 23.5 Å². The number of halogens is 1. The third-order valence-corrected chi connectivity index (χ3v) is 6.89. The third-order valence-electron chi connectivity index (χ3n) is 6.89. The number of piperidine rings is 1. The quantitative estimate of drug-likeness (QED) is 0.651. The Hall–Kier alpha value is -3.74. The van der Waals surface area contributed by atoms with Crippen LogP contribution in [0.25, 0.3) is 11.3 Å². The van der Waals surface area contributed by atoms with Gasteiger partial charge in [-0.1, -0.05) is 12.1 Å². The van der Waals surface area contributed by atoms with Gasteiger partial charge < -0.3 is 10.1 Å². The fourth-order valence-electron chi connectivity index (χ4n) is 5.32. The summed E-state index contributed by atoms with van der Waals surface area (Å²) in [6.07, 6.45) is 1.80. The first kappa shape index (κ1) is 26.3. The van der Waals surface area contributed by atoms with Crippen LogP contribution in [0.15, 0.2) is 24.3 Å². The molecule has 9 nitrogen and oxygen atoms in total. The van der Waals surface area contributed by atoms with Gasteiger partial charge in [-0.25, -0.2) is 13.9 Å². The van der Waals surface area contributed by atoms with Crippen LogP contribution >= 0.6 is 0 Å². The molecule has 2 fully saturated rings. The van der Waals surface area contributed by atoms with Crippen molar-refractivity contribution in [2.45, 2.75) is 84.0 Å². The van der Waals surface area contributed by atoms with Crippen LogP contribution in [0, 0.1) is 30.0 Å². The number of carbonyl (C=O) groups is 3. The second-order valence-electron chi connectivity index (χ2n) is 10.9. The predicted molar refractivity (Wildman–Crippen MR) is 133 cm³/mol. The van der Waals surface area contributed by atoms with Gasteiger partial charge in [0.05, 0.1) is 11.8 Å². The summed E-state index contributed by atoms with van der Waals surface area (Å²) in [5.74, 6) is -1.20. The van der Waals surface area contributed by atoms with Gasteiger partial charge in [0.15, 0.2) is 0 Å². The van der Waals surface area contributed by atoms with E-state index < -0.39 is 35.5 Å². The van der Waals surface area contributed by atoms with E-state index in [9.17, 15) is 24.0 Å². The molecule has 1 aliphatic heterocycles. The van der Waals surface area contributed by atoms with Gasteiger partial charge in [0.1, 0.15) is 23.5 Å². The highest BCUT2D eigenvalue weighted by Crippen LogP contribution is 2.43. The van der Waals surface area contributed by atoms with Crippen LogP contribution in [0.1, 0.15) is 63.0 Å². The van der Waals surface area contributed by atoms with Crippen molar-refractivity contribution >= 4 is 17.9 Å². The molecule has 10 heteroatoms. The Bertz CT molecular complexity index is 1270. The second kappa shape index (κ2) is 9.96. The second-order valence-corrected chi connectivity index (χ2v) is 10.9. The van der Waals surface area contributed by atoms with Crippen molar-refractivity contribution in [2.24, 2.45) is 5.92 Å². The number of amides is 2. The summed E-state index contributed by atoms with van der Waals surface area (Å²) in [4.78, 5) is 39.3. The number of aromatic nitrogens is 2. The van der Waals surface area contributed by atoms with E-state index in [1.807, 2.05) is 6.07 Å². The fourth-order valence-corrected chi connectivity index (χ4v) is 5.32. The fraction of sp³-hybridized carbons (Fsp3) is 0.519. The van der Waals surface area contributed by atoms with Gasteiger partial charge >= 0.3 is 6.09 Å². The minimum Gasteiger partial charge on any atom is -0.444 e. The normalized spacial score (nSPS) is 21.4. The molecular formula is C27H32FN5O4. The standard InChI is InChI=1S/C27H32FN5O4/c1-15-10-23(31-33(15)16(2)34)18-7-6-17(22(28)13-18)11-20(14-29)30-25(35)24-19-8-9-21(12-19)32(24)26(36)37-27(3,4)5/h6-7,10,13,19-21,24H,8-9,11-12H2,1-5H3,(H,30,35)/t19-,20-,21+,24-/m0/s1. The number of carbonyl (C=O) groups excluding carboxylic acids is 3. The number of hydrogen-bond acceptors (Lipinski definition) is 6. The minimum absolute atomic E-state index is 0.00569. The molecule has 0 unspecified atom stereocenters. The van der Waals surface area contributed by atoms with Gasteiger partial charge in [-0.05, 0) is 70.6 Å². The summed E-state index contributed by atoms with van der Waals surface area (Å²) in [5.41, 5.74) is 1.16. The van der Waals surface area contributed by atoms with Crippen molar-refractivity contribution in [1.82, 2.24) is 20.0 Å². The SMILES string of the molecule is CC(=O)n1nc(-c2ccc(C[C@@H](C#N)NC(=O)[C@@H]3[C@H]4CC[C@H](C4)N3C(=O)OC(C)(C)C)c(F)c2)cc1C. The van der Waals surface area contributed by atoms with E-state index in [-0.39, 0.29) is 29.9 Å². The summed E-state index contributed by atoms with van der Waals surface area (Å²) in [5, 5.41) is 16.6. The van der Waals surface area contributed by atoms with Crippen molar-refractivity contribution in [3.8, 4) is 17.3 Å². The molecule has 196 valence electrons. The molecule has 2 bridgehead atoms. The van der Waals surface area contributed by atoms with Crippen LogP contribution in [0.2, 0.25) is 0 Å². The number of ether oxygens (including phenoxy) is 1. The van der Waals surface area contributed by atoms with Crippen LogP contribution in [-0.4, -0.2) is 56.3 Å². The number of benzene rings is 1. The Labute approximate surface area is 215 Å². The van der Waals surface area contributed by atoms with E-state index in [1.165, 1.54) is 22.6 Å². The van der Waals surface area contributed by atoms with Gasteiger partial charge in [0.2, 0.25) is 11.8 Å². The maximum atomic E-state index is 15.0. The van der Waals surface area contributed by atoms with Gasteiger partial charge in [-0.3, -0.25) is 14.5 Å². The monoisotopic (exact) mass is 509 g/mol. The number of fused-ring (bicyclic) bond motifs is 2. The average Bonchev–Trinajstić information content (AvgIpc) is 3.53. The number of aryl methyl sites for hydroxylation is 1. The summed E-state index contributed by atoms with van der Waals surface area (Å²) < 4.78 is 21.8. The van der Waals surface area contributed by atoms with Crippen LogP contribution in [0.3, 0.4) is 0 Å². The summed E-state index contributed by atoms with van der Waals surface area (Å²) in [7, 11) is 0. The van der Waals surface area contributed by atoms with E-state index >= 15 is 0 Å². The maximum Gasteiger partial charge on any atom is 0.411 e. The van der Waals surface area contributed by atoms with Crippen LogP contribution in [0.5, 0.6) is 0 Å². The number of rotatable bonds is 5. The molecule has 2 aromatic rings. The number of nitriles is 1. The molecule has 2 heterocycles. The molecule has 2 aliphatic rings. The molecule has 1 aliphatic carbocycles. The lowest BCUT2D eigenvalue weighted by Crippen LogP contribution is -2.55. The summed E-state index contributed by atoms with van der Waals surface area (Å²) in [6, 6.07) is 6.51. The number of hydrogen-bond donors (Lipinski definition) is 1. The Balaban J connectivity index is 1.46. The van der Waals surface area contributed by atoms with E-state index in [4.69, 9.17) is 4.74 Å². The summed E-state index contributed by atoms with van der Waals surface area (Å²) >= 11 is 0. The average molecular weight is 510 g/mol. The highest BCUT2D eigenvalue weighted by atomic mass is 19.1. The molecule has 37 heavy (non-hydrogen) atoms. The lowest BCUT2D eigenvalue weighted by atomic mass is 9.97. The van der Waals surface area contributed by atoms with Crippen molar-refractivity contribution in [3.05, 3.63) is 41.3 Å². The van der Waals surface area contributed by atoms with E-state index in [1.54, 1.807) is 45.9 Å². The first-order valence-electron chi connectivity index (χ1n) is 12.5. The molecule has 1 aromatic carbocycles.